The van der Waals surface area contributed by atoms with Crippen molar-refractivity contribution in [3.8, 4) is 16.9 Å². The molecule has 0 radical (unpaired) electrons. The second-order valence-electron chi connectivity index (χ2n) is 7.67. The Morgan fingerprint density at radius 3 is 2.59 bits per heavy atom. The second kappa shape index (κ2) is 8.80. The van der Waals surface area contributed by atoms with E-state index < -0.39 is 0 Å². The molecule has 162 valence electrons. The lowest BCUT2D eigenvalue weighted by Gasteiger charge is -2.10. The molecular formula is C23H21ClN6OS. The number of nitrogens with one attached hydrogen (secondary N) is 1. The quantitative estimate of drug-likeness (QED) is 0.392. The summed E-state index contributed by atoms with van der Waals surface area (Å²) >= 11 is 7.34. The maximum Gasteiger partial charge on any atom is 0.235 e. The largest absolute Gasteiger partial charge is 0.310 e. The van der Waals surface area contributed by atoms with E-state index in [1.165, 1.54) is 11.8 Å². The summed E-state index contributed by atoms with van der Waals surface area (Å²) in [6.07, 6.45) is 2.26. The van der Waals surface area contributed by atoms with Gasteiger partial charge in [0, 0.05) is 35.3 Å². The van der Waals surface area contributed by atoms with E-state index in [-0.39, 0.29) is 11.7 Å². The van der Waals surface area contributed by atoms with Crippen molar-refractivity contribution < 1.29 is 4.79 Å². The number of hydrogen-bond acceptors (Lipinski definition) is 5. The molecule has 1 saturated carbocycles. The third kappa shape index (κ3) is 4.42. The van der Waals surface area contributed by atoms with Gasteiger partial charge in [-0.25, -0.2) is 0 Å². The Balaban J connectivity index is 1.29. The number of carbonyl (C=O) groups is 1. The van der Waals surface area contributed by atoms with Gasteiger partial charge in [-0.2, -0.15) is 5.10 Å². The van der Waals surface area contributed by atoms with E-state index in [1.54, 1.807) is 11.7 Å². The maximum absolute atomic E-state index is 12.7. The third-order valence-corrected chi connectivity index (χ3v) is 6.42. The van der Waals surface area contributed by atoms with Gasteiger partial charge in [-0.3, -0.25) is 14.0 Å². The summed E-state index contributed by atoms with van der Waals surface area (Å²) in [6.45, 7) is 0. The highest BCUT2D eigenvalue weighted by molar-refractivity contribution is 7.99. The van der Waals surface area contributed by atoms with E-state index in [1.807, 2.05) is 60.7 Å². The number of aromatic nitrogens is 5. The van der Waals surface area contributed by atoms with Gasteiger partial charge in [0.05, 0.1) is 11.4 Å². The van der Waals surface area contributed by atoms with Crippen molar-refractivity contribution in [1.29, 1.82) is 0 Å². The van der Waals surface area contributed by atoms with Gasteiger partial charge in [-0.1, -0.05) is 53.7 Å². The number of rotatable bonds is 7. The highest BCUT2D eigenvalue weighted by atomic mass is 35.5. The number of carbonyl (C=O) groups excluding carboxylic acids is 1. The lowest BCUT2D eigenvalue weighted by atomic mass is 10.1. The molecule has 32 heavy (non-hydrogen) atoms. The molecule has 2 aromatic heterocycles. The highest BCUT2D eigenvalue weighted by Crippen LogP contribution is 2.41. The highest BCUT2D eigenvalue weighted by Gasteiger charge is 2.31. The Kier molecular flexibility index (Phi) is 5.71. The van der Waals surface area contributed by atoms with E-state index in [2.05, 4.69) is 25.2 Å². The molecule has 1 amide bonds. The molecule has 1 N–H and O–H groups in total. The van der Waals surface area contributed by atoms with Gasteiger partial charge in [0.2, 0.25) is 5.91 Å². The van der Waals surface area contributed by atoms with Gasteiger partial charge in [-0.05, 0) is 37.1 Å². The molecule has 4 aromatic rings. The van der Waals surface area contributed by atoms with Gasteiger partial charge >= 0.3 is 0 Å². The number of hydrogen-bond donors (Lipinski definition) is 1. The van der Waals surface area contributed by atoms with Crippen LogP contribution in [0.25, 0.3) is 16.9 Å². The SMILES string of the molecule is Cn1nc(-c2ccc(Cl)cc2)cc1NC(=O)CSc1nnc(C2CC2)n1-c1ccccc1. The smallest absolute Gasteiger partial charge is 0.235 e. The van der Waals surface area contributed by atoms with Crippen LogP contribution in [0, 0.1) is 0 Å². The zero-order valence-electron chi connectivity index (χ0n) is 17.4. The fraction of sp³-hybridized carbons (Fsp3) is 0.217. The number of aryl methyl sites for hydroxylation is 1. The Labute approximate surface area is 194 Å². The number of thioether (sulfide) groups is 1. The predicted molar refractivity (Wildman–Crippen MR) is 126 cm³/mol. The average molecular weight is 465 g/mol. The van der Waals surface area contributed by atoms with E-state index >= 15 is 0 Å². The topological polar surface area (TPSA) is 77.6 Å². The number of halogens is 1. The number of amides is 1. The van der Waals surface area contributed by atoms with E-state index in [9.17, 15) is 4.79 Å². The van der Waals surface area contributed by atoms with Crippen LogP contribution >= 0.6 is 23.4 Å². The molecule has 0 aliphatic heterocycles. The summed E-state index contributed by atoms with van der Waals surface area (Å²) < 4.78 is 3.72. The summed E-state index contributed by atoms with van der Waals surface area (Å²) in [5, 5.41) is 17.6. The summed E-state index contributed by atoms with van der Waals surface area (Å²) in [4.78, 5) is 12.7. The lowest BCUT2D eigenvalue weighted by molar-refractivity contribution is -0.113. The first-order valence-corrected chi connectivity index (χ1v) is 11.7. The number of nitrogens with zero attached hydrogens (tertiary/aromatic N) is 5. The molecular weight excluding hydrogens is 444 g/mol. The Hall–Kier alpha value is -3.10. The normalized spacial score (nSPS) is 13.3. The van der Waals surface area contributed by atoms with Crippen LogP contribution in [0.1, 0.15) is 24.6 Å². The molecule has 0 atom stereocenters. The Morgan fingerprint density at radius 2 is 1.88 bits per heavy atom. The minimum Gasteiger partial charge on any atom is -0.310 e. The second-order valence-corrected chi connectivity index (χ2v) is 9.05. The number of benzene rings is 2. The molecule has 1 fully saturated rings. The first-order valence-electron chi connectivity index (χ1n) is 10.3. The summed E-state index contributed by atoms with van der Waals surface area (Å²) in [7, 11) is 1.80. The first kappa shape index (κ1) is 20.8. The van der Waals surface area contributed by atoms with Crippen LogP contribution in [0.5, 0.6) is 0 Å². The molecule has 7 nitrogen and oxygen atoms in total. The molecule has 2 heterocycles. The zero-order valence-corrected chi connectivity index (χ0v) is 19.0. The van der Waals surface area contributed by atoms with Crippen molar-refractivity contribution in [2.24, 2.45) is 7.05 Å². The van der Waals surface area contributed by atoms with Crippen LogP contribution in [0.15, 0.2) is 65.8 Å². The molecule has 9 heteroatoms. The van der Waals surface area contributed by atoms with Gasteiger partial charge in [0.15, 0.2) is 5.16 Å². The van der Waals surface area contributed by atoms with Crippen molar-refractivity contribution in [3.63, 3.8) is 0 Å². The van der Waals surface area contributed by atoms with Crippen LogP contribution in [0.4, 0.5) is 5.82 Å². The first-order chi connectivity index (χ1) is 15.6. The van der Waals surface area contributed by atoms with Gasteiger partial charge < -0.3 is 5.32 Å². The van der Waals surface area contributed by atoms with Crippen molar-refractivity contribution >= 4 is 35.1 Å². The van der Waals surface area contributed by atoms with Crippen molar-refractivity contribution in [2.45, 2.75) is 23.9 Å². The standard InChI is InChI=1S/C23H21ClN6OS/c1-29-20(13-19(28-29)15-9-11-17(24)12-10-15)25-21(31)14-32-23-27-26-22(16-7-8-16)30(23)18-5-3-2-4-6-18/h2-6,9-13,16H,7-8,14H2,1H3,(H,25,31). The van der Waals surface area contributed by atoms with E-state index in [0.29, 0.717) is 16.8 Å². The zero-order chi connectivity index (χ0) is 22.1. The molecule has 5 rings (SSSR count). The van der Waals surface area contributed by atoms with Crippen LogP contribution in [-0.4, -0.2) is 36.2 Å². The average Bonchev–Trinajstić information content (AvgIpc) is 3.46. The third-order valence-electron chi connectivity index (χ3n) is 5.23. The van der Waals surface area contributed by atoms with E-state index in [4.69, 9.17) is 11.6 Å². The molecule has 1 aliphatic carbocycles. The summed E-state index contributed by atoms with van der Waals surface area (Å²) in [5.41, 5.74) is 2.72. The maximum atomic E-state index is 12.7. The lowest BCUT2D eigenvalue weighted by Crippen LogP contribution is -2.16. The molecule has 2 aromatic carbocycles. The fourth-order valence-electron chi connectivity index (χ4n) is 3.46. The molecule has 1 aliphatic rings. The summed E-state index contributed by atoms with van der Waals surface area (Å²) in [6, 6.07) is 19.3. The van der Waals surface area contributed by atoms with Gasteiger partial charge in [0.25, 0.3) is 0 Å². The number of anilines is 1. The molecule has 0 bridgehead atoms. The predicted octanol–water partition coefficient (Wildman–Crippen LogP) is 4.93. The summed E-state index contributed by atoms with van der Waals surface area (Å²) in [5.74, 6) is 2.14. The van der Waals surface area contributed by atoms with Crippen LogP contribution in [0.2, 0.25) is 5.02 Å². The Bertz CT molecular complexity index is 1250. The van der Waals surface area contributed by atoms with E-state index in [0.717, 1.165) is 40.8 Å². The molecule has 0 saturated heterocycles. The minimum atomic E-state index is -0.128. The molecule has 0 spiro atoms. The Morgan fingerprint density at radius 1 is 1.12 bits per heavy atom. The van der Waals surface area contributed by atoms with Crippen LogP contribution in [0.3, 0.4) is 0 Å². The van der Waals surface area contributed by atoms with Crippen LogP contribution in [-0.2, 0) is 11.8 Å². The van der Waals surface area contributed by atoms with Crippen molar-refractivity contribution in [1.82, 2.24) is 24.5 Å². The van der Waals surface area contributed by atoms with Gasteiger partial charge in [-0.15, -0.1) is 10.2 Å². The van der Waals surface area contributed by atoms with Crippen LogP contribution < -0.4 is 5.32 Å². The van der Waals surface area contributed by atoms with Gasteiger partial charge in [0.1, 0.15) is 11.6 Å². The van der Waals surface area contributed by atoms with Crippen molar-refractivity contribution in [3.05, 3.63) is 71.5 Å². The number of para-hydroxylation sites is 1. The monoisotopic (exact) mass is 464 g/mol. The minimum absolute atomic E-state index is 0.128. The molecule has 0 unspecified atom stereocenters. The fourth-order valence-corrected chi connectivity index (χ4v) is 4.34. The van der Waals surface area contributed by atoms with Crippen molar-refractivity contribution in [2.75, 3.05) is 11.1 Å².